The van der Waals surface area contributed by atoms with Gasteiger partial charge in [-0.05, 0) is 41.4 Å². The molecule has 0 aliphatic rings. The first-order valence-corrected chi connectivity index (χ1v) is 7.37. The molecule has 2 aromatic rings. The van der Waals surface area contributed by atoms with Gasteiger partial charge in [0.1, 0.15) is 0 Å². The van der Waals surface area contributed by atoms with Crippen molar-refractivity contribution in [2.45, 2.75) is 26.3 Å². The Morgan fingerprint density at radius 1 is 1.42 bits per heavy atom. The molecule has 1 aromatic carbocycles. The third kappa shape index (κ3) is 3.45. The van der Waals surface area contributed by atoms with Crippen molar-refractivity contribution in [3.63, 3.8) is 0 Å². The van der Waals surface area contributed by atoms with Crippen LogP contribution in [0.4, 0.5) is 0 Å². The molecular weight excluding hydrogens is 302 g/mol. The number of halogens is 1. The lowest BCUT2D eigenvalue weighted by atomic mass is 10.0. The average molecular weight is 322 g/mol. The molecule has 2 rings (SSSR count). The molecule has 102 valence electrons. The van der Waals surface area contributed by atoms with Gasteiger partial charge in [-0.3, -0.25) is 4.68 Å². The molecule has 19 heavy (non-hydrogen) atoms. The average Bonchev–Trinajstić information content (AvgIpc) is 2.69. The molecule has 1 atom stereocenters. The van der Waals surface area contributed by atoms with Crippen LogP contribution in [0.2, 0.25) is 0 Å². The van der Waals surface area contributed by atoms with Crippen LogP contribution < -0.4 is 5.32 Å². The highest BCUT2D eigenvalue weighted by Gasteiger charge is 2.18. The van der Waals surface area contributed by atoms with E-state index in [2.05, 4.69) is 64.5 Å². The fourth-order valence-electron chi connectivity index (χ4n) is 2.40. The molecule has 0 saturated carbocycles. The van der Waals surface area contributed by atoms with E-state index in [1.165, 1.54) is 16.8 Å². The van der Waals surface area contributed by atoms with Gasteiger partial charge in [0.2, 0.25) is 0 Å². The van der Waals surface area contributed by atoms with E-state index >= 15 is 0 Å². The molecule has 1 unspecified atom stereocenters. The van der Waals surface area contributed by atoms with Crippen molar-refractivity contribution in [3.8, 4) is 0 Å². The summed E-state index contributed by atoms with van der Waals surface area (Å²) < 4.78 is 3.00. The number of nitrogens with one attached hydrogen (secondary N) is 1. The first kappa shape index (κ1) is 14.3. The largest absolute Gasteiger partial charge is 0.309 e. The van der Waals surface area contributed by atoms with Gasteiger partial charge in [-0.25, -0.2) is 0 Å². The van der Waals surface area contributed by atoms with Gasteiger partial charge >= 0.3 is 0 Å². The van der Waals surface area contributed by atoms with E-state index < -0.39 is 0 Å². The molecular formula is C15H20BrN3. The second kappa shape index (κ2) is 6.35. The van der Waals surface area contributed by atoms with E-state index in [1.54, 1.807) is 0 Å². The highest BCUT2D eigenvalue weighted by Crippen LogP contribution is 2.25. The van der Waals surface area contributed by atoms with E-state index in [1.807, 2.05) is 17.9 Å². The van der Waals surface area contributed by atoms with Crippen LogP contribution in [-0.4, -0.2) is 16.3 Å². The van der Waals surface area contributed by atoms with Crippen LogP contribution in [-0.2, 0) is 13.5 Å². The van der Waals surface area contributed by atoms with E-state index in [9.17, 15) is 0 Å². The molecule has 0 fully saturated rings. The maximum absolute atomic E-state index is 4.31. The van der Waals surface area contributed by atoms with Crippen LogP contribution in [0.25, 0.3) is 0 Å². The molecule has 0 bridgehead atoms. The van der Waals surface area contributed by atoms with Gasteiger partial charge in [-0.1, -0.05) is 36.8 Å². The Morgan fingerprint density at radius 2 is 2.21 bits per heavy atom. The maximum atomic E-state index is 4.31. The smallest absolute Gasteiger partial charge is 0.0695 e. The quantitative estimate of drug-likeness (QED) is 0.914. The van der Waals surface area contributed by atoms with Crippen molar-refractivity contribution in [2.24, 2.45) is 7.05 Å². The summed E-state index contributed by atoms with van der Waals surface area (Å²) in [6.45, 7) is 5.20. The SMILES string of the molecule is CCNC(Cc1cccc(C)c1)c1c(Br)cnn1C. The van der Waals surface area contributed by atoms with E-state index in [0.29, 0.717) is 0 Å². The number of rotatable bonds is 5. The molecule has 4 heteroatoms. The third-order valence-electron chi connectivity index (χ3n) is 3.24. The van der Waals surface area contributed by atoms with Gasteiger partial charge in [0.05, 0.1) is 22.4 Å². The number of aryl methyl sites for hydroxylation is 2. The van der Waals surface area contributed by atoms with Gasteiger partial charge in [0.15, 0.2) is 0 Å². The molecule has 3 nitrogen and oxygen atoms in total. The topological polar surface area (TPSA) is 29.9 Å². The third-order valence-corrected chi connectivity index (χ3v) is 3.85. The fourth-order valence-corrected chi connectivity index (χ4v) is 3.02. The van der Waals surface area contributed by atoms with Crippen LogP contribution in [0.1, 0.15) is 29.8 Å². The van der Waals surface area contributed by atoms with E-state index in [4.69, 9.17) is 0 Å². The minimum atomic E-state index is 0.272. The zero-order chi connectivity index (χ0) is 13.8. The summed E-state index contributed by atoms with van der Waals surface area (Å²) in [6, 6.07) is 8.95. The number of likely N-dealkylation sites (N-methyl/N-ethyl adjacent to an activating group) is 1. The Kier molecular flexibility index (Phi) is 4.77. The standard InChI is InChI=1S/C15H20BrN3/c1-4-17-14(15-13(16)10-18-19(15)3)9-12-7-5-6-11(2)8-12/h5-8,10,14,17H,4,9H2,1-3H3. The molecule has 0 aliphatic carbocycles. The van der Waals surface area contributed by atoms with Crippen molar-refractivity contribution < 1.29 is 0 Å². The Labute approximate surface area is 123 Å². The number of aromatic nitrogens is 2. The monoisotopic (exact) mass is 321 g/mol. The Morgan fingerprint density at radius 3 is 2.79 bits per heavy atom. The van der Waals surface area contributed by atoms with E-state index in [0.717, 1.165) is 17.4 Å². The van der Waals surface area contributed by atoms with Crippen LogP contribution in [0.15, 0.2) is 34.9 Å². The van der Waals surface area contributed by atoms with Crippen molar-refractivity contribution in [2.75, 3.05) is 6.54 Å². The molecule has 1 heterocycles. The van der Waals surface area contributed by atoms with Gasteiger partial charge in [0, 0.05) is 7.05 Å². The highest BCUT2D eigenvalue weighted by atomic mass is 79.9. The number of hydrogen-bond donors (Lipinski definition) is 1. The summed E-state index contributed by atoms with van der Waals surface area (Å²) in [5.41, 5.74) is 3.85. The van der Waals surface area contributed by atoms with Gasteiger partial charge < -0.3 is 5.32 Å². The van der Waals surface area contributed by atoms with Crippen molar-refractivity contribution in [1.82, 2.24) is 15.1 Å². The predicted octanol–water partition coefficient (Wildman–Crippen LogP) is 3.38. The summed E-state index contributed by atoms with van der Waals surface area (Å²) in [7, 11) is 1.99. The number of hydrogen-bond acceptors (Lipinski definition) is 2. The normalized spacial score (nSPS) is 12.6. The predicted molar refractivity (Wildman–Crippen MR) is 82.2 cm³/mol. The molecule has 0 aliphatic heterocycles. The highest BCUT2D eigenvalue weighted by molar-refractivity contribution is 9.10. The number of benzene rings is 1. The molecule has 0 radical (unpaired) electrons. The minimum Gasteiger partial charge on any atom is -0.309 e. The maximum Gasteiger partial charge on any atom is 0.0695 e. The summed E-state index contributed by atoms with van der Waals surface area (Å²) in [4.78, 5) is 0. The van der Waals surface area contributed by atoms with Crippen LogP contribution in [0, 0.1) is 6.92 Å². The lowest BCUT2D eigenvalue weighted by Gasteiger charge is -2.19. The van der Waals surface area contributed by atoms with Gasteiger partial charge in [-0.15, -0.1) is 0 Å². The van der Waals surface area contributed by atoms with Crippen LogP contribution in [0.3, 0.4) is 0 Å². The van der Waals surface area contributed by atoms with E-state index in [-0.39, 0.29) is 6.04 Å². The van der Waals surface area contributed by atoms with Crippen molar-refractivity contribution in [3.05, 3.63) is 51.8 Å². The van der Waals surface area contributed by atoms with Crippen molar-refractivity contribution >= 4 is 15.9 Å². The molecule has 0 spiro atoms. The number of nitrogens with zero attached hydrogens (tertiary/aromatic N) is 2. The zero-order valence-electron chi connectivity index (χ0n) is 11.7. The second-order valence-corrected chi connectivity index (χ2v) is 5.66. The zero-order valence-corrected chi connectivity index (χ0v) is 13.2. The summed E-state index contributed by atoms with van der Waals surface area (Å²) in [6.07, 6.45) is 2.82. The summed E-state index contributed by atoms with van der Waals surface area (Å²) >= 11 is 3.59. The molecule has 0 saturated heterocycles. The van der Waals surface area contributed by atoms with Crippen LogP contribution >= 0.6 is 15.9 Å². The molecule has 0 amide bonds. The molecule has 1 N–H and O–H groups in total. The lowest BCUT2D eigenvalue weighted by Crippen LogP contribution is -2.25. The Hall–Kier alpha value is -1.13. The van der Waals surface area contributed by atoms with Gasteiger partial charge in [-0.2, -0.15) is 5.10 Å². The molecule has 1 aromatic heterocycles. The minimum absolute atomic E-state index is 0.272. The Bertz CT molecular complexity index is 529. The second-order valence-electron chi connectivity index (χ2n) is 4.80. The van der Waals surface area contributed by atoms with Gasteiger partial charge in [0.25, 0.3) is 0 Å². The Balaban J connectivity index is 2.26. The fraction of sp³-hybridized carbons (Fsp3) is 0.400. The van der Waals surface area contributed by atoms with Crippen molar-refractivity contribution in [1.29, 1.82) is 0 Å². The summed E-state index contributed by atoms with van der Waals surface area (Å²) in [5, 5.41) is 7.85. The first-order valence-electron chi connectivity index (χ1n) is 6.58. The summed E-state index contributed by atoms with van der Waals surface area (Å²) in [5.74, 6) is 0. The first-order chi connectivity index (χ1) is 9.11. The van der Waals surface area contributed by atoms with Crippen LogP contribution in [0.5, 0.6) is 0 Å². The lowest BCUT2D eigenvalue weighted by molar-refractivity contribution is 0.506.